The largest absolute Gasteiger partial charge is 0.491 e. The smallest absolute Gasteiger partial charge is 0.224 e. The fourth-order valence-electron chi connectivity index (χ4n) is 2.34. The first-order valence-corrected chi connectivity index (χ1v) is 8.70. The molecule has 0 radical (unpaired) electrons. The lowest BCUT2D eigenvalue weighted by Gasteiger charge is -2.13. The lowest BCUT2D eigenvalue weighted by Crippen LogP contribution is -2.17. The van der Waals surface area contributed by atoms with Crippen LogP contribution in [0.5, 0.6) is 5.75 Å². The quantitative estimate of drug-likeness (QED) is 0.677. The summed E-state index contributed by atoms with van der Waals surface area (Å²) in [6, 6.07) is 9.82. The van der Waals surface area contributed by atoms with Gasteiger partial charge >= 0.3 is 0 Å². The Balaban J connectivity index is 1.97. The zero-order valence-corrected chi connectivity index (χ0v) is 15.8. The van der Waals surface area contributed by atoms with Gasteiger partial charge in [0.2, 0.25) is 5.95 Å². The van der Waals surface area contributed by atoms with Gasteiger partial charge in [-0.2, -0.15) is 4.98 Å². The minimum Gasteiger partial charge on any atom is -0.491 e. The van der Waals surface area contributed by atoms with E-state index in [1.54, 1.807) is 0 Å². The third-order valence-electron chi connectivity index (χ3n) is 3.42. The molecule has 1 aromatic heterocycles. The lowest BCUT2D eigenvalue weighted by molar-refractivity contribution is 0.242. The molecule has 25 heavy (non-hydrogen) atoms. The van der Waals surface area contributed by atoms with Crippen LogP contribution >= 0.6 is 0 Å². The normalized spacial score (nSPS) is 11.0. The van der Waals surface area contributed by atoms with E-state index in [1.165, 1.54) is 0 Å². The van der Waals surface area contributed by atoms with Crippen molar-refractivity contribution in [2.75, 3.05) is 37.8 Å². The van der Waals surface area contributed by atoms with E-state index in [2.05, 4.69) is 39.6 Å². The Hall–Kier alpha value is -2.34. The first kappa shape index (κ1) is 19.0. The van der Waals surface area contributed by atoms with Crippen LogP contribution in [0.15, 0.2) is 30.3 Å². The van der Waals surface area contributed by atoms with Gasteiger partial charge in [-0.3, -0.25) is 0 Å². The molecule has 6 heteroatoms. The molecule has 0 fully saturated rings. The summed E-state index contributed by atoms with van der Waals surface area (Å²) in [6.45, 7) is 7.89. The molecule has 0 unspecified atom stereocenters. The molecule has 0 saturated carbocycles. The number of hydrogen-bond donors (Lipinski definition) is 2. The van der Waals surface area contributed by atoms with Crippen LogP contribution in [0.1, 0.15) is 26.0 Å². The highest BCUT2D eigenvalue weighted by molar-refractivity contribution is 5.58. The number of aromatic nitrogens is 2. The summed E-state index contributed by atoms with van der Waals surface area (Å²) in [6.07, 6.45) is 1.22. The van der Waals surface area contributed by atoms with Crippen molar-refractivity contribution in [3.8, 4) is 5.75 Å². The third kappa shape index (κ3) is 6.97. The Labute approximate surface area is 150 Å². The van der Waals surface area contributed by atoms with Gasteiger partial charge < -0.3 is 20.3 Å². The van der Waals surface area contributed by atoms with Gasteiger partial charge in [-0.05, 0) is 72.1 Å². The van der Waals surface area contributed by atoms with E-state index >= 15 is 0 Å². The molecule has 0 aliphatic rings. The summed E-state index contributed by atoms with van der Waals surface area (Å²) in [7, 11) is 4.14. The average Bonchev–Trinajstić information content (AvgIpc) is 2.52. The fraction of sp³-hybridized carbons (Fsp3) is 0.474. The number of rotatable bonds is 9. The van der Waals surface area contributed by atoms with Crippen molar-refractivity contribution in [1.29, 1.82) is 0 Å². The summed E-state index contributed by atoms with van der Waals surface area (Å²) in [5.41, 5.74) is 1.89. The zero-order chi connectivity index (χ0) is 18.2. The van der Waals surface area contributed by atoms with Gasteiger partial charge in [0, 0.05) is 24.0 Å². The highest BCUT2D eigenvalue weighted by atomic mass is 16.5. The Kier molecular flexibility index (Phi) is 7.01. The van der Waals surface area contributed by atoms with E-state index in [0.717, 1.165) is 42.5 Å². The van der Waals surface area contributed by atoms with Crippen molar-refractivity contribution < 1.29 is 4.74 Å². The summed E-state index contributed by atoms with van der Waals surface area (Å²) >= 11 is 0. The van der Waals surface area contributed by atoms with Gasteiger partial charge in [0.05, 0.1) is 6.10 Å². The number of hydrogen-bond acceptors (Lipinski definition) is 6. The molecule has 0 spiro atoms. The van der Waals surface area contributed by atoms with Crippen molar-refractivity contribution in [3.63, 3.8) is 0 Å². The second-order valence-electron chi connectivity index (χ2n) is 6.62. The molecule has 2 rings (SSSR count). The standard InChI is InChI=1S/C19H29N5O/c1-14(2)25-17-9-7-16(8-10-17)22-18-13-15(3)21-19(23-18)20-11-6-12-24(4)5/h7-10,13-14H,6,11-12H2,1-5H3,(H2,20,21,22,23). The molecule has 2 aromatic rings. The summed E-state index contributed by atoms with van der Waals surface area (Å²) in [5.74, 6) is 2.30. The van der Waals surface area contributed by atoms with Crippen LogP contribution in [-0.2, 0) is 0 Å². The molecule has 0 aliphatic carbocycles. The number of benzene rings is 1. The van der Waals surface area contributed by atoms with Gasteiger partial charge in [-0.15, -0.1) is 0 Å². The molecular formula is C19H29N5O. The number of ether oxygens (including phenoxy) is 1. The van der Waals surface area contributed by atoms with Crippen LogP contribution in [0, 0.1) is 6.92 Å². The Morgan fingerprint density at radius 1 is 1.12 bits per heavy atom. The zero-order valence-electron chi connectivity index (χ0n) is 15.8. The SMILES string of the molecule is Cc1cc(Nc2ccc(OC(C)C)cc2)nc(NCCCN(C)C)n1. The third-order valence-corrected chi connectivity index (χ3v) is 3.42. The van der Waals surface area contributed by atoms with Crippen LogP contribution in [-0.4, -0.2) is 48.2 Å². The minimum absolute atomic E-state index is 0.171. The van der Waals surface area contributed by atoms with Gasteiger partial charge in [-0.1, -0.05) is 0 Å². The Morgan fingerprint density at radius 2 is 1.84 bits per heavy atom. The topological polar surface area (TPSA) is 62.3 Å². The molecule has 0 atom stereocenters. The molecule has 6 nitrogen and oxygen atoms in total. The maximum atomic E-state index is 5.66. The molecular weight excluding hydrogens is 314 g/mol. The number of anilines is 3. The second-order valence-corrected chi connectivity index (χ2v) is 6.62. The molecule has 0 saturated heterocycles. The predicted molar refractivity (Wildman–Crippen MR) is 104 cm³/mol. The second kappa shape index (κ2) is 9.22. The molecule has 1 heterocycles. The number of aryl methyl sites for hydroxylation is 1. The van der Waals surface area contributed by atoms with Crippen LogP contribution in [0.25, 0.3) is 0 Å². The number of nitrogens with zero attached hydrogens (tertiary/aromatic N) is 3. The summed E-state index contributed by atoms with van der Waals surface area (Å²) < 4.78 is 5.66. The van der Waals surface area contributed by atoms with E-state index in [0.29, 0.717) is 5.95 Å². The average molecular weight is 343 g/mol. The van der Waals surface area contributed by atoms with E-state index in [9.17, 15) is 0 Å². The maximum Gasteiger partial charge on any atom is 0.224 e. The molecule has 0 amide bonds. The fourth-order valence-corrected chi connectivity index (χ4v) is 2.34. The molecule has 136 valence electrons. The molecule has 0 bridgehead atoms. The molecule has 1 aromatic carbocycles. The summed E-state index contributed by atoms with van der Waals surface area (Å²) in [5, 5.41) is 6.61. The predicted octanol–water partition coefficient (Wildman–Crippen LogP) is 3.68. The Bertz CT molecular complexity index is 655. The van der Waals surface area contributed by atoms with Gasteiger partial charge in [0.15, 0.2) is 0 Å². The Morgan fingerprint density at radius 3 is 2.48 bits per heavy atom. The van der Waals surface area contributed by atoms with Crippen molar-refractivity contribution >= 4 is 17.5 Å². The van der Waals surface area contributed by atoms with E-state index in [1.807, 2.05) is 51.1 Å². The highest BCUT2D eigenvalue weighted by Gasteiger charge is 2.04. The van der Waals surface area contributed by atoms with Crippen molar-refractivity contribution in [2.45, 2.75) is 33.3 Å². The highest BCUT2D eigenvalue weighted by Crippen LogP contribution is 2.20. The lowest BCUT2D eigenvalue weighted by atomic mass is 10.3. The minimum atomic E-state index is 0.171. The molecule has 0 aliphatic heterocycles. The first-order valence-electron chi connectivity index (χ1n) is 8.70. The van der Waals surface area contributed by atoms with Gasteiger partial charge in [0.1, 0.15) is 11.6 Å². The van der Waals surface area contributed by atoms with E-state index in [4.69, 9.17) is 4.74 Å². The molecule has 2 N–H and O–H groups in total. The summed E-state index contributed by atoms with van der Waals surface area (Å²) in [4.78, 5) is 11.1. The first-order chi connectivity index (χ1) is 11.9. The van der Waals surface area contributed by atoms with Crippen LogP contribution in [0.2, 0.25) is 0 Å². The van der Waals surface area contributed by atoms with E-state index < -0.39 is 0 Å². The maximum absolute atomic E-state index is 5.66. The van der Waals surface area contributed by atoms with Crippen LogP contribution < -0.4 is 15.4 Å². The van der Waals surface area contributed by atoms with Gasteiger partial charge in [-0.25, -0.2) is 4.98 Å². The van der Waals surface area contributed by atoms with Gasteiger partial charge in [0.25, 0.3) is 0 Å². The number of nitrogens with one attached hydrogen (secondary N) is 2. The van der Waals surface area contributed by atoms with Crippen molar-refractivity contribution in [1.82, 2.24) is 14.9 Å². The monoisotopic (exact) mass is 343 g/mol. The van der Waals surface area contributed by atoms with Crippen molar-refractivity contribution in [3.05, 3.63) is 36.0 Å². The van der Waals surface area contributed by atoms with Crippen LogP contribution in [0.3, 0.4) is 0 Å². The van der Waals surface area contributed by atoms with Crippen molar-refractivity contribution in [2.24, 2.45) is 0 Å². The van der Waals surface area contributed by atoms with Crippen LogP contribution in [0.4, 0.5) is 17.5 Å². The van der Waals surface area contributed by atoms with E-state index in [-0.39, 0.29) is 6.10 Å².